The van der Waals surface area contributed by atoms with Gasteiger partial charge in [-0.1, -0.05) is 68.1 Å². The van der Waals surface area contributed by atoms with Crippen LogP contribution in [-0.4, -0.2) is 30.1 Å². The molecule has 0 saturated heterocycles. The third-order valence-corrected chi connectivity index (χ3v) is 6.62. The molecule has 0 atom stereocenters. The smallest absolute Gasteiger partial charge is 0.343 e. The molecule has 4 rings (SSSR count). The number of carbonyl (C=O) groups is 2. The molecule has 0 heterocycles. The summed E-state index contributed by atoms with van der Waals surface area (Å²) in [6.45, 7) is 3.14. The molecule has 0 unspecified atom stereocenters. The zero-order chi connectivity index (χ0) is 28.9. The Labute approximate surface area is 241 Å². The molecule has 0 spiro atoms. The zero-order valence-electron chi connectivity index (χ0n) is 23.4. The van der Waals surface area contributed by atoms with Gasteiger partial charge in [-0.2, -0.15) is 0 Å². The minimum Gasteiger partial charge on any atom is -0.507 e. The Morgan fingerprint density at radius 2 is 1.24 bits per heavy atom. The van der Waals surface area contributed by atoms with Gasteiger partial charge >= 0.3 is 5.97 Å². The number of ketones is 1. The van der Waals surface area contributed by atoms with Gasteiger partial charge in [-0.05, 0) is 73.9 Å². The number of hydrogen-bond acceptors (Lipinski definition) is 6. The summed E-state index contributed by atoms with van der Waals surface area (Å²) in [4.78, 5) is 24.9. The summed E-state index contributed by atoms with van der Waals surface area (Å²) < 4.78 is 17.0. The number of benzene rings is 4. The van der Waals surface area contributed by atoms with Crippen LogP contribution in [0.2, 0.25) is 0 Å². The molecule has 4 aromatic rings. The summed E-state index contributed by atoms with van der Waals surface area (Å²) in [5.74, 6) is 1.15. The Morgan fingerprint density at radius 3 is 1.90 bits per heavy atom. The van der Waals surface area contributed by atoms with Gasteiger partial charge in [0.1, 0.15) is 23.0 Å². The summed E-state index contributed by atoms with van der Waals surface area (Å²) >= 11 is 0. The molecule has 1 N–H and O–H groups in total. The van der Waals surface area contributed by atoms with E-state index in [1.807, 2.05) is 31.2 Å². The minimum atomic E-state index is -0.390. The number of carbonyl (C=O) groups excluding carboxylic acids is 2. The lowest BCUT2D eigenvalue weighted by Gasteiger charge is -2.09. The molecule has 0 aromatic heterocycles. The van der Waals surface area contributed by atoms with E-state index in [1.54, 1.807) is 66.7 Å². The number of aromatic hydroxyl groups is 1. The van der Waals surface area contributed by atoms with Crippen LogP contribution in [0.25, 0.3) is 0 Å². The Kier molecular flexibility index (Phi) is 11.0. The highest BCUT2D eigenvalue weighted by Gasteiger charge is 2.14. The average Bonchev–Trinajstić information content (AvgIpc) is 2.98. The van der Waals surface area contributed by atoms with E-state index in [4.69, 9.17) is 14.2 Å². The summed E-state index contributed by atoms with van der Waals surface area (Å²) in [6.07, 6.45) is 6.23. The third-order valence-electron chi connectivity index (χ3n) is 6.62. The van der Waals surface area contributed by atoms with E-state index in [2.05, 4.69) is 0 Å². The van der Waals surface area contributed by atoms with Gasteiger partial charge in [-0.3, -0.25) is 4.79 Å². The quantitative estimate of drug-likeness (QED) is 0.0697. The van der Waals surface area contributed by atoms with Crippen LogP contribution in [0.1, 0.15) is 70.4 Å². The van der Waals surface area contributed by atoms with Crippen LogP contribution in [0.5, 0.6) is 23.0 Å². The largest absolute Gasteiger partial charge is 0.507 e. The van der Waals surface area contributed by atoms with Crippen LogP contribution in [0.4, 0.5) is 0 Å². The first-order valence-electron chi connectivity index (χ1n) is 14.1. The number of unbranched alkanes of at least 4 members (excludes halogenated alkanes) is 5. The van der Waals surface area contributed by atoms with Crippen molar-refractivity contribution in [2.45, 2.75) is 45.4 Å². The highest BCUT2D eigenvalue weighted by Crippen LogP contribution is 2.26. The van der Waals surface area contributed by atoms with Crippen LogP contribution in [0.15, 0.2) is 97.1 Å². The topological polar surface area (TPSA) is 82.1 Å². The SMILES string of the molecule is Cc1cccc(OC(=O)c2ccc(OCCCCCCCCOc3ccc(C(=O)c4ccccc4)c(O)c3)cc2)c1. The number of rotatable bonds is 15. The van der Waals surface area contributed by atoms with E-state index in [0.717, 1.165) is 49.8 Å². The molecular formula is C35H36O6. The van der Waals surface area contributed by atoms with Gasteiger partial charge in [0.25, 0.3) is 0 Å². The Morgan fingerprint density at radius 1 is 0.610 bits per heavy atom. The fourth-order valence-electron chi connectivity index (χ4n) is 4.36. The number of ether oxygens (including phenoxy) is 3. The molecule has 4 aromatic carbocycles. The number of esters is 1. The minimum absolute atomic E-state index is 0.0739. The first-order chi connectivity index (χ1) is 20.0. The predicted octanol–water partition coefficient (Wildman–Crippen LogP) is 7.95. The van der Waals surface area contributed by atoms with E-state index < -0.39 is 0 Å². The van der Waals surface area contributed by atoms with Crippen molar-refractivity contribution in [2.24, 2.45) is 0 Å². The van der Waals surface area contributed by atoms with Gasteiger partial charge in [0.2, 0.25) is 0 Å². The van der Waals surface area contributed by atoms with Crippen molar-refractivity contribution in [3.05, 3.63) is 119 Å². The van der Waals surface area contributed by atoms with Crippen LogP contribution in [-0.2, 0) is 0 Å². The molecule has 0 saturated carbocycles. The Balaban J connectivity index is 1.05. The van der Waals surface area contributed by atoms with Crippen LogP contribution < -0.4 is 14.2 Å². The molecule has 212 valence electrons. The van der Waals surface area contributed by atoms with Crippen molar-refractivity contribution in [2.75, 3.05) is 13.2 Å². The van der Waals surface area contributed by atoms with Crippen LogP contribution >= 0.6 is 0 Å². The molecule has 0 radical (unpaired) electrons. The molecular weight excluding hydrogens is 516 g/mol. The second-order valence-corrected chi connectivity index (χ2v) is 9.92. The number of hydrogen-bond donors (Lipinski definition) is 1. The molecule has 6 heteroatoms. The lowest BCUT2D eigenvalue weighted by atomic mass is 10.0. The number of aryl methyl sites for hydroxylation is 1. The molecule has 0 amide bonds. The van der Waals surface area contributed by atoms with E-state index in [1.165, 1.54) is 6.07 Å². The van der Waals surface area contributed by atoms with Gasteiger partial charge in [-0.25, -0.2) is 4.79 Å². The number of phenols is 1. The van der Waals surface area contributed by atoms with Crippen molar-refractivity contribution >= 4 is 11.8 Å². The van der Waals surface area contributed by atoms with Gasteiger partial charge in [0.15, 0.2) is 5.78 Å². The maximum Gasteiger partial charge on any atom is 0.343 e. The van der Waals surface area contributed by atoms with E-state index in [-0.39, 0.29) is 23.1 Å². The van der Waals surface area contributed by atoms with Gasteiger partial charge in [-0.15, -0.1) is 0 Å². The van der Waals surface area contributed by atoms with Crippen LogP contribution in [0.3, 0.4) is 0 Å². The maximum absolute atomic E-state index is 12.5. The molecule has 0 fully saturated rings. The normalized spacial score (nSPS) is 10.7. The van der Waals surface area contributed by atoms with Gasteiger partial charge in [0, 0.05) is 11.6 Å². The lowest BCUT2D eigenvalue weighted by Crippen LogP contribution is -2.08. The molecule has 0 aliphatic rings. The third kappa shape index (κ3) is 9.24. The highest BCUT2D eigenvalue weighted by molar-refractivity contribution is 6.10. The molecule has 41 heavy (non-hydrogen) atoms. The predicted molar refractivity (Wildman–Crippen MR) is 159 cm³/mol. The summed E-state index contributed by atoms with van der Waals surface area (Å²) in [6, 6.07) is 28.2. The highest BCUT2D eigenvalue weighted by atomic mass is 16.5. The second kappa shape index (κ2) is 15.3. The van der Waals surface area contributed by atoms with Crippen LogP contribution in [0, 0.1) is 6.92 Å². The van der Waals surface area contributed by atoms with Crippen molar-refractivity contribution in [1.29, 1.82) is 0 Å². The number of phenolic OH excluding ortho intramolecular Hbond substituents is 1. The van der Waals surface area contributed by atoms with Crippen molar-refractivity contribution < 1.29 is 28.9 Å². The fourth-order valence-corrected chi connectivity index (χ4v) is 4.36. The molecule has 6 nitrogen and oxygen atoms in total. The first-order valence-corrected chi connectivity index (χ1v) is 14.1. The van der Waals surface area contributed by atoms with Gasteiger partial charge < -0.3 is 19.3 Å². The second-order valence-electron chi connectivity index (χ2n) is 9.92. The first kappa shape index (κ1) is 29.4. The van der Waals surface area contributed by atoms with E-state index >= 15 is 0 Å². The monoisotopic (exact) mass is 552 g/mol. The molecule has 0 aliphatic carbocycles. The average molecular weight is 553 g/mol. The van der Waals surface area contributed by atoms with Crippen molar-refractivity contribution in [3.63, 3.8) is 0 Å². The van der Waals surface area contributed by atoms with Crippen molar-refractivity contribution in [1.82, 2.24) is 0 Å². The Bertz CT molecular complexity index is 1410. The van der Waals surface area contributed by atoms with E-state index in [0.29, 0.717) is 35.8 Å². The summed E-state index contributed by atoms with van der Waals surface area (Å²) in [5.41, 5.74) is 2.32. The standard InChI is InChI=1S/C35H36O6/c1-26-12-11-15-31(24-26)41-35(38)28-16-18-29(19-17-28)39-22-9-4-2-3-5-10-23-40-30-20-21-32(33(36)25-30)34(37)27-13-7-6-8-14-27/h6-8,11-21,24-25,36H,2-5,9-10,22-23H2,1H3. The molecule has 0 bridgehead atoms. The summed E-state index contributed by atoms with van der Waals surface area (Å²) in [5, 5.41) is 10.3. The van der Waals surface area contributed by atoms with E-state index in [9.17, 15) is 14.7 Å². The molecule has 0 aliphatic heterocycles. The maximum atomic E-state index is 12.5. The van der Waals surface area contributed by atoms with Crippen molar-refractivity contribution in [3.8, 4) is 23.0 Å². The van der Waals surface area contributed by atoms with Gasteiger partial charge in [0.05, 0.1) is 24.3 Å². The lowest BCUT2D eigenvalue weighted by molar-refractivity contribution is 0.0734. The summed E-state index contributed by atoms with van der Waals surface area (Å²) in [7, 11) is 0. The Hall–Kier alpha value is -4.58. The zero-order valence-corrected chi connectivity index (χ0v) is 23.4. The fraction of sp³-hybridized carbons (Fsp3) is 0.257.